The lowest BCUT2D eigenvalue weighted by atomic mass is 9.83. The van der Waals surface area contributed by atoms with Gasteiger partial charge in [-0.15, -0.1) is 0 Å². The number of hydrogen-bond acceptors (Lipinski definition) is 3. The van der Waals surface area contributed by atoms with Crippen LogP contribution in [0, 0.1) is 5.92 Å². The van der Waals surface area contributed by atoms with Crippen molar-refractivity contribution in [2.24, 2.45) is 18.7 Å². The first-order chi connectivity index (χ1) is 7.66. The van der Waals surface area contributed by atoms with Crippen LogP contribution in [0.25, 0.3) is 0 Å². The summed E-state index contributed by atoms with van der Waals surface area (Å²) in [6.45, 7) is 0. The lowest BCUT2D eigenvalue weighted by molar-refractivity contribution is 0.0934. The standard InChI is InChI=1S/C12H19N3O/c1-15-7-6-14-12(15)11(16)8-9-2-4-10(13)5-3-9/h6-7,9-10H,2-5,8,13H2,1H3. The minimum atomic E-state index is 0.160. The number of nitrogens with zero attached hydrogens (tertiary/aromatic N) is 2. The number of hydrogen-bond donors (Lipinski definition) is 1. The van der Waals surface area contributed by atoms with Gasteiger partial charge in [-0.05, 0) is 31.6 Å². The van der Waals surface area contributed by atoms with Crippen LogP contribution < -0.4 is 5.73 Å². The molecular weight excluding hydrogens is 202 g/mol. The van der Waals surface area contributed by atoms with Gasteiger partial charge in [-0.1, -0.05) is 0 Å². The summed E-state index contributed by atoms with van der Waals surface area (Å²) in [4.78, 5) is 16.0. The molecule has 0 amide bonds. The van der Waals surface area contributed by atoms with Crippen LogP contribution in [0.1, 0.15) is 42.7 Å². The number of ketones is 1. The molecule has 88 valence electrons. The fourth-order valence-corrected chi connectivity index (χ4v) is 2.38. The Balaban J connectivity index is 1.91. The van der Waals surface area contributed by atoms with Crippen molar-refractivity contribution in [3.05, 3.63) is 18.2 Å². The molecule has 1 saturated carbocycles. The Kier molecular flexibility index (Phi) is 3.39. The normalized spacial score (nSPS) is 25.6. The molecule has 1 aliphatic rings. The Morgan fingerprint density at radius 1 is 1.50 bits per heavy atom. The fourth-order valence-electron chi connectivity index (χ4n) is 2.38. The van der Waals surface area contributed by atoms with Gasteiger partial charge in [0.1, 0.15) is 0 Å². The molecule has 0 aromatic carbocycles. The van der Waals surface area contributed by atoms with E-state index in [9.17, 15) is 4.79 Å². The van der Waals surface area contributed by atoms with E-state index < -0.39 is 0 Å². The van der Waals surface area contributed by atoms with E-state index >= 15 is 0 Å². The SMILES string of the molecule is Cn1ccnc1C(=O)CC1CCC(N)CC1. The second kappa shape index (κ2) is 4.78. The zero-order valence-electron chi connectivity index (χ0n) is 9.72. The van der Waals surface area contributed by atoms with Crippen molar-refractivity contribution in [1.29, 1.82) is 0 Å². The van der Waals surface area contributed by atoms with Crippen LogP contribution >= 0.6 is 0 Å². The smallest absolute Gasteiger partial charge is 0.198 e. The van der Waals surface area contributed by atoms with Gasteiger partial charge >= 0.3 is 0 Å². The highest BCUT2D eigenvalue weighted by Gasteiger charge is 2.22. The Bertz CT molecular complexity index is 364. The summed E-state index contributed by atoms with van der Waals surface area (Å²) in [5.74, 6) is 1.24. The molecule has 1 aromatic rings. The molecule has 0 spiro atoms. The topological polar surface area (TPSA) is 60.9 Å². The van der Waals surface area contributed by atoms with E-state index in [1.54, 1.807) is 10.8 Å². The van der Waals surface area contributed by atoms with Gasteiger partial charge in [0.15, 0.2) is 11.6 Å². The van der Waals surface area contributed by atoms with E-state index in [2.05, 4.69) is 4.98 Å². The van der Waals surface area contributed by atoms with Crippen LogP contribution in [-0.4, -0.2) is 21.4 Å². The third-order valence-electron chi connectivity index (χ3n) is 3.44. The molecule has 4 heteroatoms. The molecule has 0 atom stereocenters. The highest BCUT2D eigenvalue weighted by atomic mass is 16.1. The van der Waals surface area contributed by atoms with E-state index in [4.69, 9.17) is 5.73 Å². The molecule has 2 N–H and O–H groups in total. The van der Waals surface area contributed by atoms with Gasteiger partial charge in [-0.3, -0.25) is 4.79 Å². The highest BCUT2D eigenvalue weighted by Crippen LogP contribution is 2.26. The Labute approximate surface area is 95.9 Å². The van der Waals surface area contributed by atoms with Gasteiger partial charge < -0.3 is 10.3 Å². The lowest BCUT2D eigenvalue weighted by Gasteiger charge is -2.25. The quantitative estimate of drug-likeness (QED) is 0.787. The van der Waals surface area contributed by atoms with Crippen molar-refractivity contribution in [2.45, 2.75) is 38.1 Å². The summed E-state index contributed by atoms with van der Waals surface area (Å²) in [7, 11) is 1.86. The maximum atomic E-state index is 12.0. The largest absolute Gasteiger partial charge is 0.332 e. The van der Waals surface area contributed by atoms with Crippen molar-refractivity contribution in [1.82, 2.24) is 9.55 Å². The number of rotatable bonds is 3. The maximum absolute atomic E-state index is 12.0. The number of Topliss-reactive ketones (excluding diaryl/α,β-unsaturated/α-hetero) is 1. The van der Waals surface area contributed by atoms with Crippen molar-refractivity contribution in [3.8, 4) is 0 Å². The second-order valence-electron chi connectivity index (χ2n) is 4.77. The summed E-state index contributed by atoms with van der Waals surface area (Å²) in [5.41, 5.74) is 5.85. The number of nitrogens with two attached hydrogens (primary N) is 1. The van der Waals surface area contributed by atoms with Crippen molar-refractivity contribution in [2.75, 3.05) is 0 Å². The molecule has 0 bridgehead atoms. The van der Waals surface area contributed by atoms with Crippen LogP contribution in [0.3, 0.4) is 0 Å². The van der Waals surface area contributed by atoms with Gasteiger partial charge in [0, 0.05) is 31.9 Å². The maximum Gasteiger partial charge on any atom is 0.198 e. The molecule has 1 aromatic heterocycles. The van der Waals surface area contributed by atoms with Gasteiger partial charge in [0.05, 0.1) is 0 Å². The molecule has 1 fully saturated rings. The van der Waals surface area contributed by atoms with Crippen molar-refractivity contribution < 1.29 is 4.79 Å². The first-order valence-electron chi connectivity index (χ1n) is 5.93. The molecule has 0 radical (unpaired) electrons. The third kappa shape index (κ3) is 2.50. The minimum Gasteiger partial charge on any atom is -0.332 e. The second-order valence-corrected chi connectivity index (χ2v) is 4.77. The van der Waals surface area contributed by atoms with E-state index in [1.165, 1.54) is 0 Å². The Morgan fingerprint density at radius 2 is 2.19 bits per heavy atom. The molecular formula is C12H19N3O. The predicted molar refractivity (Wildman–Crippen MR) is 62.1 cm³/mol. The predicted octanol–water partition coefficient (Wildman–Crippen LogP) is 1.51. The molecule has 1 aliphatic carbocycles. The van der Waals surface area contributed by atoms with Crippen molar-refractivity contribution >= 4 is 5.78 Å². The summed E-state index contributed by atoms with van der Waals surface area (Å²) in [6, 6.07) is 0.347. The van der Waals surface area contributed by atoms with Gasteiger partial charge in [-0.2, -0.15) is 0 Å². The highest BCUT2D eigenvalue weighted by molar-refractivity contribution is 5.92. The summed E-state index contributed by atoms with van der Waals surface area (Å²) in [6.07, 6.45) is 8.37. The average molecular weight is 221 g/mol. The van der Waals surface area contributed by atoms with Crippen LogP contribution in [0.5, 0.6) is 0 Å². The van der Waals surface area contributed by atoms with Crippen LogP contribution in [-0.2, 0) is 7.05 Å². The lowest BCUT2D eigenvalue weighted by Crippen LogP contribution is -2.27. The number of carbonyl (C=O) groups is 1. The number of imidazole rings is 1. The zero-order chi connectivity index (χ0) is 11.5. The molecule has 1 heterocycles. The first kappa shape index (κ1) is 11.3. The van der Waals surface area contributed by atoms with Crippen LogP contribution in [0.2, 0.25) is 0 Å². The number of aryl methyl sites for hydroxylation is 1. The third-order valence-corrected chi connectivity index (χ3v) is 3.44. The van der Waals surface area contributed by atoms with E-state index in [0.717, 1.165) is 25.7 Å². The zero-order valence-corrected chi connectivity index (χ0v) is 9.72. The van der Waals surface area contributed by atoms with E-state index in [1.807, 2.05) is 13.2 Å². The molecule has 0 saturated heterocycles. The Morgan fingerprint density at radius 3 is 2.75 bits per heavy atom. The molecule has 4 nitrogen and oxygen atoms in total. The molecule has 0 unspecified atom stereocenters. The van der Waals surface area contributed by atoms with Gasteiger partial charge in [-0.25, -0.2) is 4.98 Å². The fraction of sp³-hybridized carbons (Fsp3) is 0.667. The summed E-state index contributed by atoms with van der Waals surface area (Å²) >= 11 is 0. The van der Waals surface area contributed by atoms with Crippen LogP contribution in [0.4, 0.5) is 0 Å². The van der Waals surface area contributed by atoms with Crippen molar-refractivity contribution in [3.63, 3.8) is 0 Å². The van der Waals surface area contributed by atoms with E-state index in [0.29, 0.717) is 24.2 Å². The van der Waals surface area contributed by atoms with Crippen LogP contribution in [0.15, 0.2) is 12.4 Å². The Hall–Kier alpha value is -1.16. The van der Waals surface area contributed by atoms with E-state index in [-0.39, 0.29) is 5.78 Å². The van der Waals surface area contributed by atoms with Gasteiger partial charge in [0.25, 0.3) is 0 Å². The summed E-state index contributed by atoms with van der Waals surface area (Å²) in [5, 5.41) is 0. The first-order valence-corrected chi connectivity index (χ1v) is 5.93. The molecule has 16 heavy (non-hydrogen) atoms. The average Bonchev–Trinajstić information content (AvgIpc) is 2.68. The minimum absolute atomic E-state index is 0.160. The van der Waals surface area contributed by atoms with Gasteiger partial charge in [0.2, 0.25) is 0 Å². The number of carbonyl (C=O) groups excluding carboxylic acids is 1. The number of aromatic nitrogens is 2. The molecule has 2 rings (SSSR count). The summed E-state index contributed by atoms with van der Waals surface area (Å²) < 4.78 is 1.79. The molecule has 0 aliphatic heterocycles. The monoisotopic (exact) mass is 221 g/mol.